The van der Waals surface area contributed by atoms with Crippen molar-refractivity contribution < 1.29 is 9.13 Å². The molecule has 2 nitrogen and oxygen atoms in total. The van der Waals surface area contributed by atoms with E-state index in [0.29, 0.717) is 18.8 Å². The first-order chi connectivity index (χ1) is 9.25. The summed E-state index contributed by atoms with van der Waals surface area (Å²) in [6, 6.07) is 9.00. The van der Waals surface area contributed by atoms with Crippen LogP contribution in [0.1, 0.15) is 17.5 Å². The van der Waals surface area contributed by atoms with Crippen LogP contribution in [0.5, 0.6) is 0 Å². The quantitative estimate of drug-likeness (QED) is 0.745. The van der Waals surface area contributed by atoms with Crippen LogP contribution in [-0.4, -0.2) is 11.6 Å². The van der Waals surface area contributed by atoms with E-state index in [-0.39, 0.29) is 5.82 Å². The average molecular weight is 324 g/mol. The molecule has 4 heteroatoms. The van der Waals surface area contributed by atoms with E-state index < -0.39 is 0 Å². The second-order valence-electron chi connectivity index (χ2n) is 4.25. The number of nitrogens with zero attached hydrogens (tertiary/aromatic N) is 1. The molecule has 0 saturated heterocycles. The highest BCUT2D eigenvalue weighted by Gasteiger charge is 2.02. The van der Waals surface area contributed by atoms with Gasteiger partial charge >= 0.3 is 0 Å². The first kappa shape index (κ1) is 14.2. The Morgan fingerprint density at radius 1 is 1.16 bits per heavy atom. The van der Waals surface area contributed by atoms with Crippen LogP contribution in [-0.2, 0) is 17.8 Å². The molecule has 2 rings (SSSR count). The van der Waals surface area contributed by atoms with E-state index in [1.807, 2.05) is 18.2 Å². The third kappa shape index (κ3) is 4.73. The molecule has 1 heterocycles. The van der Waals surface area contributed by atoms with E-state index in [0.717, 1.165) is 17.3 Å². The van der Waals surface area contributed by atoms with Crippen molar-refractivity contribution in [3.8, 4) is 0 Å². The van der Waals surface area contributed by atoms with Gasteiger partial charge in [-0.2, -0.15) is 0 Å². The number of ether oxygens (including phenoxy) is 1. The summed E-state index contributed by atoms with van der Waals surface area (Å²) in [7, 11) is 0. The van der Waals surface area contributed by atoms with E-state index in [1.54, 1.807) is 18.5 Å². The fourth-order valence-corrected chi connectivity index (χ4v) is 2.08. The predicted molar refractivity (Wildman–Crippen MR) is 76.3 cm³/mol. The molecule has 0 spiro atoms. The minimum absolute atomic E-state index is 0.233. The SMILES string of the molecule is Fc1cc(Br)ccc1COCCCc1ccncc1. The molecule has 2 aromatic rings. The molecule has 0 unspecified atom stereocenters. The van der Waals surface area contributed by atoms with Gasteiger partial charge in [0.2, 0.25) is 0 Å². The Morgan fingerprint density at radius 2 is 1.95 bits per heavy atom. The third-order valence-electron chi connectivity index (χ3n) is 2.78. The van der Waals surface area contributed by atoms with Crippen LogP contribution in [0.3, 0.4) is 0 Å². The lowest BCUT2D eigenvalue weighted by atomic mass is 10.1. The Bertz CT molecular complexity index is 519. The van der Waals surface area contributed by atoms with Crippen molar-refractivity contribution in [2.45, 2.75) is 19.4 Å². The van der Waals surface area contributed by atoms with E-state index in [9.17, 15) is 4.39 Å². The molecule has 0 saturated carbocycles. The lowest BCUT2D eigenvalue weighted by molar-refractivity contribution is 0.116. The van der Waals surface area contributed by atoms with Crippen molar-refractivity contribution in [2.24, 2.45) is 0 Å². The van der Waals surface area contributed by atoms with Crippen LogP contribution in [0, 0.1) is 5.82 Å². The number of rotatable bonds is 6. The summed E-state index contributed by atoms with van der Waals surface area (Å²) in [4.78, 5) is 3.97. The smallest absolute Gasteiger partial charge is 0.129 e. The molecule has 0 bridgehead atoms. The summed E-state index contributed by atoms with van der Waals surface area (Å²) in [6.45, 7) is 0.938. The Labute approximate surface area is 120 Å². The first-order valence-electron chi connectivity index (χ1n) is 6.16. The Hall–Kier alpha value is -1.26. The Kier molecular flexibility index (Phi) is 5.48. The van der Waals surface area contributed by atoms with Crippen LogP contribution in [0.2, 0.25) is 0 Å². The van der Waals surface area contributed by atoms with Gasteiger partial charge in [-0.1, -0.05) is 22.0 Å². The molecule has 0 radical (unpaired) electrons. The average Bonchev–Trinajstić information content (AvgIpc) is 2.42. The Morgan fingerprint density at radius 3 is 2.68 bits per heavy atom. The molecule has 0 fully saturated rings. The monoisotopic (exact) mass is 323 g/mol. The minimum atomic E-state index is -0.233. The van der Waals surface area contributed by atoms with Gasteiger partial charge in [0.1, 0.15) is 5.82 Å². The summed E-state index contributed by atoms with van der Waals surface area (Å²) in [6.07, 6.45) is 5.44. The Balaban J connectivity index is 1.69. The van der Waals surface area contributed by atoms with Crippen LogP contribution in [0.25, 0.3) is 0 Å². The molecule has 1 aromatic heterocycles. The topological polar surface area (TPSA) is 22.1 Å². The van der Waals surface area contributed by atoms with Crippen molar-refractivity contribution in [2.75, 3.05) is 6.61 Å². The minimum Gasteiger partial charge on any atom is -0.377 e. The number of halogens is 2. The number of hydrogen-bond acceptors (Lipinski definition) is 2. The van der Waals surface area contributed by atoms with Crippen LogP contribution in [0.4, 0.5) is 4.39 Å². The van der Waals surface area contributed by atoms with Crippen molar-refractivity contribution >= 4 is 15.9 Å². The lowest BCUT2D eigenvalue weighted by Crippen LogP contribution is -1.99. The van der Waals surface area contributed by atoms with E-state index in [1.165, 1.54) is 11.6 Å². The maximum absolute atomic E-state index is 13.5. The van der Waals surface area contributed by atoms with Gasteiger partial charge < -0.3 is 4.74 Å². The van der Waals surface area contributed by atoms with Crippen LogP contribution < -0.4 is 0 Å². The summed E-state index contributed by atoms with van der Waals surface area (Å²) < 4.78 is 19.7. The normalized spacial score (nSPS) is 10.6. The molecule has 1 aromatic carbocycles. The summed E-state index contributed by atoms with van der Waals surface area (Å²) in [5.74, 6) is -0.233. The van der Waals surface area contributed by atoms with E-state index in [2.05, 4.69) is 20.9 Å². The molecule has 0 N–H and O–H groups in total. The number of benzene rings is 1. The molecule has 0 atom stereocenters. The van der Waals surface area contributed by atoms with Crippen molar-refractivity contribution in [3.05, 3.63) is 64.1 Å². The van der Waals surface area contributed by atoms with Gasteiger partial charge in [0.25, 0.3) is 0 Å². The van der Waals surface area contributed by atoms with Crippen molar-refractivity contribution in [1.29, 1.82) is 0 Å². The van der Waals surface area contributed by atoms with Crippen molar-refractivity contribution in [1.82, 2.24) is 4.98 Å². The fraction of sp³-hybridized carbons (Fsp3) is 0.267. The maximum Gasteiger partial charge on any atom is 0.129 e. The summed E-state index contributed by atoms with van der Waals surface area (Å²) >= 11 is 3.23. The number of aryl methyl sites for hydroxylation is 1. The second kappa shape index (κ2) is 7.36. The zero-order chi connectivity index (χ0) is 13.5. The third-order valence-corrected chi connectivity index (χ3v) is 3.27. The van der Waals surface area contributed by atoms with Gasteiger partial charge in [0, 0.05) is 29.0 Å². The largest absolute Gasteiger partial charge is 0.377 e. The molecule has 0 aliphatic heterocycles. The van der Waals surface area contributed by atoms with Gasteiger partial charge in [-0.15, -0.1) is 0 Å². The fourth-order valence-electron chi connectivity index (χ4n) is 1.75. The lowest BCUT2D eigenvalue weighted by Gasteiger charge is -2.06. The standard InChI is InChI=1S/C15H15BrFNO/c16-14-4-3-13(15(17)10-14)11-19-9-1-2-12-5-7-18-8-6-12/h3-8,10H,1-2,9,11H2. The van der Waals surface area contributed by atoms with Gasteiger partial charge in [-0.3, -0.25) is 4.98 Å². The maximum atomic E-state index is 13.5. The number of pyridine rings is 1. The highest BCUT2D eigenvalue weighted by atomic mass is 79.9. The molecular weight excluding hydrogens is 309 g/mol. The molecular formula is C15H15BrFNO. The number of hydrogen-bond donors (Lipinski definition) is 0. The van der Waals surface area contributed by atoms with Crippen molar-refractivity contribution in [3.63, 3.8) is 0 Å². The molecule has 0 aliphatic rings. The van der Waals surface area contributed by atoms with Gasteiger partial charge in [-0.05, 0) is 42.7 Å². The highest BCUT2D eigenvalue weighted by Crippen LogP contribution is 2.16. The van der Waals surface area contributed by atoms with E-state index >= 15 is 0 Å². The van der Waals surface area contributed by atoms with Gasteiger partial charge in [-0.25, -0.2) is 4.39 Å². The van der Waals surface area contributed by atoms with E-state index in [4.69, 9.17) is 4.74 Å². The zero-order valence-electron chi connectivity index (χ0n) is 10.5. The van der Waals surface area contributed by atoms with Gasteiger partial charge in [0.05, 0.1) is 6.61 Å². The zero-order valence-corrected chi connectivity index (χ0v) is 12.1. The molecule has 19 heavy (non-hydrogen) atoms. The number of aromatic nitrogens is 1. The predicted octanol–water partition coefficient (Wildman–Crippen LogP) is 4.13. The summed E-state index contributed by atoms with van der Waals surface area (Å²) in [5.41, 5.74) is 1.83. The second-order valence-corrected chi connectivity index (χ2v) is 5.16. The first-order valence-corrected chi connectivity index (χ1v) is 6.95. The molecule has 100 valence electrons. The van der Waals surface area contributed by atoms with Crippen LogP contribution >= 0.6 is 15.9 Å². The molecule has 0 amide bonds. The summed E-state index contributed by atoms with van der Waals surface area (Å²) in [5, 5.41) is 0. The van der Waals surface area contributed by atoms with Crippen LogP contribution in [0.15, 0.2) is 47.2 Å². The molecule has 0 aliphatic carbocycles. The van der Waals surface area contributed by atoms with Gasteiger partial charge in [0.15, 0.2) is 0 Å². The highest BCUT2D eigenvalue weighted by molar-refractivity contribution is 9.10.